The Morgan fingerprint density at radius 1 is 1.00 bits per heavy atom. The molecule has 0 bridgehead atoms. The number of amides is 3. The molecule has 184 valence electrons. The van der Waals surface area contributed by atoms with Gasteiger partial charge in [0.2, 0.25) is 5.91 Å². The first-order valence-electron chi connectivity index (χ1n) is 10.8. The van der Waals surface area contributed by atoms with E-state index in [2.05, 4.69) is 16.0 Å². The predicted octanol–water partition coefficient (Wildman–Crippen LogP) is 2.46. The van der Waals surface area contributed by atoms with Gasteiger partial charge in [0.1, 0.15) is 24.8 Å². The van der Waals surface area contributed by atoms with Crippen molar-refractivity contribution in [2.24, 2.45) is 5.92 Å². The number of hydrogen-bond acceptors (Lipinski definition) is 6. The quantitative estimate of drug-likeness (QED) is 0.393. The Labute approximate surface area is 194 Å². The minimum Gasteiger partial charge on any atom is -0.480 e. The van der Waals surface area contributed by atoms with Gasteiger partial charge in [0, 0.05) is 6.42 Å². The Morgan fingerprint density at radius 3 is 2.18 bits per heavy atom. The van der Waals surface area contributed by atoms with Crippen molar-refractivity contribution in [2.75, 3.05) is 13.2 Å². The van der Waals surface area contributed by atoms with Gasteiger partial charge in [-0.25, -0.2) is 14.4 Å². The Morgan fingerprint density at radius 2 is 1.64 bits per heavy atom. The number of alkyl carbamates (subject to hydrolysis) is 2. The first kappa shape index (κ1) is 27.7. The summed E-state index contributed by atoms with van der Waals surface area (Å²) in [5, 5.41) is 16.7. The SMILES string of the molecule is CC(C)C[C@@H](COC(=O)NCC(=O)N[C@@H](Cc1ccccc1)C(=O)O)NC(=O)OC(C)(C)C. The van der Waals surface area contributed by atoms with Crippen LogP contribution < -0.4 is 16.0 Å². The summed E-state index contributed by atoms with van der Waals surface area (Å²) in [6.45, 7) is 8.59. The van der Waals surface area contributed by atoms with Crippen LogP contribution in [0.2, 0.25) is 0 Å². The third kappa shape index (κ3) is 13.0. The zero-order valence-electron chi connectivity index (χ0n) is 19.8. The van der Waals surface area contributed by atoms with Crippen LogP contribution in [0, 0.1) is 5.92 Å². The van der Waals surface area contributed by atoms with E-state index in [1.165, 1.54) is 0 Å². The lowest BCUT2D eigenvalue weighted by Gasteiger charge is -2.24. The number of nitrogens with one attached hydrogen (secondary N) is 3. The van der Waals surface area contributed by atoms with Crippen molar-refractivity contribution in [1.82, 2.24) is 16.0 Å². The number of benzene rings is 1. The van der Waals surface area contributed by atoms with E-state index in [4.69, 9.17) is 9.47 Å². The molecule has 0 aliphatic rings. The van der Waals surface area contributed by atoms with Gasteiger partial charge in [-0.2, -0.15) is 0 Å². The van der Waals surface area contributed by atoms with E-state index < -0.39 is 48.3 Å². The number of aliphatic carboxylic acids is 1. The van der Waals surface area contributed by atoms with Crippen molar-refractivity contribution >= 4 is 24.1 Å². The molecule has 10 heteroatoms. The molecular formula is C23H35N3O7. The zero-order valence-corrected chi connectivity index (χ0v) is 19.8. The van der Waals surface area contributed by atoms with Crippen LogP contribution >= 0.6 is 0 Å². The molecule has 0 fully saturated rings. The largest absolute Gasteiger partial charge is 0.480 e. The van der Waals surface area contributed by atoms with Crippen molar-refractivity contribution in [2.45, 2.75) is 65.1 Å². The molecule has 0 saturated carbocycles. The first-order valence-corrected chi connectivity index (χ1v) is 10.8. The average Bonchev–Trinajstić information content (AvgIpc) is 2.68. The zero-order chi connectivity index (χ0) is 25.0. The van der Waals surface area contributed by atoms with Crippen LogP contribution in [0.15, 0.2) is 30.3 Å². The molecule has 0 unspecified atom stereocenters. The van der Waals surface area contributed by atoms with E-state index in [1.807, 2.05) is 19.9 Å². The molecule has 1 aromatic rings. The number of ether oxygens (including phenoxy) is 2. The second kappa shape index (κ2) is 13.3. The molecule has 4 N–H and O–H groups in total. The summed E-state index contributed by atoms with van der Waals surface area (Å²) in [5.74, 6) is -1.62. The fraction of sp³-hybridized carbons (Fsp3) is 0.565. The summed E-state index contributed by atoms with van der Waals surface area (Å²) in [6.07, 6.45) is -0.818. The van der Waals surface area contributed by atoms with Gasteiger partial charge in [-0.15, -0.1) is 0 Å². The van der Waals surface area contributed by atoms with E-state index in [0.717, 1.165) is 5.56 Å². The molecule has 0 aliphatic heterocycles. The molecule has 1 aromatic carbocycles. The number of rotatable bonds is 11. The molecule has 0 saturated heterocycles. The topological polar surface area (TPSA) is 143 Å². The minimum atomic E-state index is -1.18. The van der Waals surface area contributed by atoms with Gasteiger partial charge < -0.3 is 30.5 Å². The summed E-state index contributed by atoms with van der Waals surface area (Å²) in [5.41, 5.74) is 0.0955. The molecule has 0 heterocycles. The molecule has 0 spiro atoms. The molecule has 0 aliphatic carbocycles. The summed E-state index contributed by atoms with van der Waals surface area (Å²) in [4.78, 5) is 47.5. The predicted molar refractivity (Wildman–Crippen MR) is 122 cm³/mol. The van der Waals surface area contributed by atoms with Crippen molar-refractivity contribution in [3.05, 3.63) is 35.9 Å². The molecule has 1 rings (SSSR count). The molecule has 0 radical (unpaired) electrons. The Hall–Kier alpha value is -3.30. The fourth-order valence-corrected chi connectivity index (χ4v) is 2.89. The van der Waals surface area contributed by atoms with Gasteiger partial charge >= 0.3 is 18.2 Å². The smallest absolute Gasteiger partial charge is 0.407 e. The van der Waals surface area contributed by atoms with Crippen molar-refractivity contribution in [1.29, 1.82) is 0 Å². The molecular weight excluding hydrogens is 430 g/mol. The Bertz CT molecular complexity index is 791. The lowest BCUT2D eigenvalue weighted by molar-refractivity contribution is -0.141. The van der Waals surface area contributed by atoms with E-state index in [1.54, 1.807) is 45.0 Å². The van der Waals surface area contributed by atoms with Crippen molar-refractivity contribution in [3.8, 4) is 0 Å². The molecule has 2 atom stereocenters. The molecule has 3 amide bonds. The number of hydrogen-bond donors (Lipinski definition) is 4. The summed E-state index contributed by atoms with van der Waals surface area (Å²) < 4.78 is 10.3. The maximum absolute atomic E-state index is 12.1. The second-order valence-electron chi connectivity index (χ2n) is 9.07. The lowest BCUT2D eigenvalue weighted by atomic mass is 10.0. The maximum atomic E-state index is 12.1. The Kier molecular flexibility index (Phi) is 11.2. The minimum absolute atomic E-state index is 0.111. The number of carboxylic acids is 1. The first-order chi connectivity index (χ1) is 15.4. The third-order valence-electron chi connectivity index (χ3n) is 4.20. The molecule has 33 heavy (non-hydrogen) atoms. The average molecular weight is 466 g/mol. The van der Waals surface area contributed by atoms with Crippen LogP contribution in [0.5, 0.6) is 0 Å². The van der Waals surface area contributed by atoms with Crippen LogP contribution in [0.4, 0.5) is 9.59 Å². The maximum Gasteiger partial charge on any atom is 0.407 e. The van der Waals surface area contributed by atoms with Gasteiger partial charge in [0.05, 0.1) is 6.04 Å². The molecule has 0 aromatic heterocycles. The summed E-state index contributed by atoms with van der Waals surface area (Å²) >= 11 is 0. The Balaban J connectivity index is 2.49. The highest BCUT2D eigenvalue weighted by molar-refractivity contribution is 5.86. The van der Waals surface area contributed by atoms with Gasteiger partial charge in [-0.05, 0) is 38.7 Å². The fourth-order valence-electron chi connectivity index (χ4n) is 2.89. The monoisotopic (exact) mass is 465 g/mol. The van der Waals surface area contributed by atoms with E-state index in [0.29, 0.717) is 6.42 Å². The van der Waals surface area contributed by atoms with Gasteiger partial charge in [0.15, 0.2) is 0 Å². The number of carbonyl (C=O) groups is 4. The lowest BCUT2D eigenvalue weighted by Crippen LogP contribution is -2.47. The second-order valence-corrected chi connectivity index (χ2v) is 9.07. The van der Waals surface area contributed by atoms with Gasteiger partial charge in [-0.1, -0.05) is 44.2 Å². The third-order valence-corrected chi connectivity index (χ3v) is 4.20. The number of carboxylic acid groups (broad SMARTS) is 1. The highest BCUT2D eigenvalue weighted by atomic mass is 16.6. The van der Waals surface area contributed by atoms with Crippen LogP contribution in [-0.2, 0) is 25.5 Å². The summed E-state index contributed by atoms with van der Waals surface area (Å²) in [6, 6.07) is 7.28. The molecule has 10 nitrogen and oxygen atoms in total. The number of carbonyl (C=O) groups excluding carboxylic acids is 3. The standard InChI is InChI=1S/C23H35N3O7/c1-15(2)11-17(25-22(31)33-23(3,4)5)14-32-21(30)24-13-19(27)26-18(20(28)29)12-16-9-7-6-8-10-16/h6-10,15,17-18H,11-14H2,1-5H3,(H,24,30)(H,25,31)(H,26,27)(H,28,29)/t17-,18-/m0/s1. The van der Waals surface area contributed by atoms with E-state index >= 15 is 0 Å². The van der Waals surface area contributed by atoms with Crippen LogP contribution in [0.25, 0.3) is 0 Å². The van der Waals surface area contributed by atoms with Gasteiger partial charge in [0.25, 0.3) is 0 Å². The van der Waals surface area contributed by atoms with Crippen LogP contribution in [0.1, 0.15) is 46.6 Å². The van der Waals surface area contributed by atoms with E-state index in [-0.39, 0.29) is 18.9 Å². The van der Waals surface area contributed by atoms with Crippen molar-refractivity contribution < 1.29 is 33.8 Å². The van der Waals surface area contributed by atoms with Crippen molar-refractivity contribution in [3.63, 3.8) is 0 Å². The van der Waals surface area contributed by atoms with Gasteiger partial charge in [-0.3, -0.25) is 4.79 Å². The highest BCUT2D eigenvalue weighted by Gasteiger charge is 2.23. The van der Waals surface area contributed by atoms with Crippen LogP contribution in [0.3, 0.4) is 0 Å². The normalized spacial score (nSPS) is 12.9. The van der Waals surface area contributed by atoms with Crippen LogP contribution in [-0.4, -0.2) is 60.0 Å². The van der Waals surface area contributed by atoms with E-state index in [9.17, 15) is 24.3 Å². The summed E-state index contributed by atoms with van der Waals surface area (Å²) in [7, 11) is 0. The highest BCUT2D eigenvalue weighted by Crippen LogP contribution is 2.10.